The molecule has 2 saturated heterocycles. The van der Waals surface area contributed by atoms with E-state index in [1.54, 1.807) is 0 Å². The van der Waals surface area contributed by atoms with Crippen LogP contribution in [-0.4, -0.2) is 87.8 Å². The Labute approximate surface area is 276 Å². The third-order valence-electron chi connectivity index (χ3n) is 10.6. The van der Waals surface area contributed by atoms with E-state index in [1.165, 1.54) is 28.4 Å². The van der Waals surface area contributed by atoms with Crippen LogP contribution < -0.4 is 19.9 Å². The summed E-state index contributed by atoms with van der Waals surface area (Å²) in [6.45, 7) is 18.9. The van der Waals surface area contributed by atoms with Gasteiger partial charge in [0.05, 0.1) is 24.7 Å². The van der Waals surface area contributed by atoms with Gasteiger partial charge in [-0.05, 0) is 55.4 Å². The van der Waals surface area contributed by atoms with Crippen molar-refractivity contribution in [1.29, 1.82) is 5.26 Å². The van der Waals surface area contributed by atoms with E-state index in [4.69, 9.17) is 19.1 Å². The zero-order valence-electron chi connectivity index (χ0n) is 28.4. The molecule has 1 unspecified atom stereocenters. The second-order valence-corrected chi connectivity index (χ2v) is 19.4. The zero-order chi connectivity index (χ0) is 32.3. The predicted molar refractivity (Wildman–Crippen MR) is 188 cm³/mol. The molecular weight excluding hydrogens is 591 g/mol. The van der Waals surface area contributed by atoms with Gasteiger partial charge in [-0.2, -0.15) is 15.2 Å². The van der Waals surface area contributed by atoms with Crippen molar-refractivity contribution in [2.45, 2.75) is 83.2 Å². The lowest BCUT2D eigenvalue weighted by Gasteiger charge is -2.37. The van der Waals surface area contributed by atoms with Crippen LogP contribution in [0.5, 0.6) is 6.01 Å². The smallest absolute Gasteiger partial charge is 0.318 e. The van der Waals surface area contributed by atoms with Crippen LogP contribution in [0.4, 0.5) is 11.5 Å². The second kappa shape index (κ2) is 13.9. The lowest BCUT2D eigenvalue weighted by Crippen LogP contribution is -2.51. The number of fused-ring (bicyclic) bond motifs is 2. The summed E-state index contributed by atoms with van der Waals surface area (Å²) in [4.78, 5) is 17.5. The van der Waals surface area contributed by atoms with Crippen LogP contribution in [-0.2, 0) is 17.4 Å². The Morgan fingerprint density at radius 1 is 1.04 bits per heavy atom. The Bertz CT molecular complexity index is 1550. The number of rotatable bonds is 10. The van der Waals surface area contributed by atoms with Crippen LogP contribution >= 0.6 is 0 Å². The minimum atomic E-state index is -1.77. The van der Waals surface area contributed by atoms with Gasteiger partial charge in [0.2, 0.25) is 0 Å². The minimum absolute atomic E-state index is 0.130. The molecule has 9 nitrogen and oxygen atoms in total. The van der Waals surface area contributed by atoms with Gasteiger partial charge in [-0.25, -0.2) is 0 Å². The molecule has 2 fully saturated rings. The quantitative estimate of drug-likeness (QED) is 0.278. The van der Waals surface area contributed by atoms with Gasteiger partial charge in [-0.1, -0.05) is 57.2 Å². The first-order valence-corrected chi connectivity index (χ1v) is 20.0. The molecule has 4 heterocycles. The zero-order valence-corrected chi connectivity index (χ0v) is 29.4. The van der Waals surface area contributed by atoms with Gasteiger partial charge in [0.25, 0.3) is 0 Å². The molecule has 246 valence electrons. The lowest BCUT2D eigenvalue weighted by molar-refractivity contribution is 0.140. The van der Waals surface area contributed by atoms with Gasteiger partial charge >= 0.3 is 6.01 Å². The third kappa shape index (κ3) is 7.18. The molecule has 0 bridgehead atoms. The van der Waals surface area contributed by atoms with E-state index < -0.39 is 8.32 Å². The van der Waals surface area contributed by atoms with Crippen molar-refractivity contribution in [3.63, 3.8) is 0 Å². The van der Waals surface area contributed by atoms with Crippen molar-refractivity contribution in [1.82, 2.24) is 20.2 Å². The number of hydrogen-bond donors (Lipinski definition) is 1. The van der Waals surface area contributed by atoms with E-state index in [0.717, 1.165) is 70.2 Å². The Morgan fingerprint density at radius 2 is 1.87 bits per heavy atom. The van der Waals surface area contributed by atoms with E-state index in [-0.39, 0.29) is 11.1 Å². The minimum Gasteiger partial charge on any atom is -0.462 e. The van der Waals surface area contributed by atoms with E-state index in [0.29, 0.717) is 31.6 Å². The number of likely N-dealkylation sites (tertiary alicyclic amines) is 1. The summed E-state index contributed by atoms with van der Waals surface area (Å²) in [5, 5.41) is 15.6. The number of ether oxygens (including phenoxy) is 1. The van der Waals surface area contributed by atoms with Crippen LogP contribution in [0.25, 0.3) is 10.8 Å². The van der Waals surface area contributed by atoms with Gasteiger partial charge in [-0.3, -0.25) is 4.90 Å². The van der Waals surface area contributed by atoms with Crippen molar-refractivity contribution in [3.8, 4) is 12.1 Å². The number of nitrogens with zero attached hydrogens (tertiary/aromatic N) is 6. The first-order chi connectivity index (χ1) is 22.1. The van der Waals surface area contributed by atoms with Crippen molar-refractivity contribution in [2.75, 3.05) is 62.3 Å². The highest BCUT2D eigenvalue weighted by Gasteiger charge is 2.37. The molecule has 1 N–H and O–H groups in total. The monoisotopic (exact) mass is 641 g/mol. The number of anilines is 2. The first kappa shape index (κ1) is 32.7. The number of piperazine rings is 1. The second-order valence-electron chi connectivity index (χ2n) is 14.6. The summed E-state index contributed by atoms with van der Waals surface area (Å²) >= 11 is 0. The Hall–Kier alpha value is -3.23. The molecule has 0 aliphatic carbocycles. The number of nitriles is 1. The van der Waals surface area contributed by atoms with Gasteiger partial charge < -0.3 is 24.3 Å². The number of nitrogens with one attached hydrogen (secondary N) is 1. The summed E-state index contributed by atoms with van der Waals surface area (Å²) < 4.78 is 13.0. The van der Waals surface area contributed by atoms with Crippen molar-refractivity contribution in [2.24, 2.45) is 0 Å². The molecule has 3 aromatic rings. The number of aromatic nitrogens is 2. The van der Waals surface area contributed by atoms with Crippen molar-refractivity contribution in [3.05, 3.63) is 53.7 Å². The molecule has 0 spiro atoms. The largest absolute Gasteiger partial charge is 0.462 e. The highest BCUT2D eigenvalue weighted by atomic mass is 28.4. The topological polar surface area (TPSA) is 89.8 Å². The maximum absolute atomic E-state index is 9.38. The summed E-state index contributed by atoms with van der Waals surface area (Å²) in [5.41, 5.74) is 3.50. The lowest BCUT2D eigenvalue weighted by atomic mass is 10.0. The molecule has 10 heteroatoms. The highest BCUT2D eigenvalue weighted by molar-refractivity contribution is 6.74. The summed E-state index contributed by atoms with van der Waals surface area (Å²) in [5.74, 6) is 0.980. The van der Waals surface area contributed by atoms with Crippen molar-refractivity contribution < 1.29 is 9.16 Å². The van der Waals surface area contributed by atoms with E-state index >= 15 is 0 Å². The molecule has 0 saturated carbocycles. The van der Waals surface area contributed by atoms with Crippen LogP contribution in [0, 0.1) is 11.3 Å². The molecular formula is C36H51N7O2Si. The summed E-state index contributed by atoms with van der Waals surface area (Å²) in [6, 6.07) is 18.4. The Kier molecular flexibility index (Phi) is 9.85. The molecule has 2 atom stereocenters. The number of benzene rings is 2. The maximum Gasteiger partial charge on any atom is 0.318 e. The highest BCUT2D eigenvalue weighted by Crippen LogP contribution is 2.37. The third-order valence-corrected chi connectivity index (χ3v) is 15.1. The Morgan fingerprint density at radius 3 is 2.70 bits per heavy atom. The molecule has 46 heavy (non-hydrogen) atoms. The molecule has 2 aromatic carbocycles. The van der Waals surface area contributed by atoms with Gasteiger partial charge in [0.15, 0.2) is 8.32 Å². The first-order valence-electron chi connectivity index (χ1n) is 17.1. The molecule has 1 aromatic heterocycles. The SMILES string of the molecule is CC(C)(C)[Si](C)(C)OCCN1CCC[C@@H]1COc1nc2c(c(N3CCNC(CC#N)C3)n1)CCN(c1cccc3ccccc13)C2. The number of hydrogen-bond acceptors (Lipinski definition) is 9. The average molecular weight is 642 g/mol. The van der Waals surface area contributed by atoms with Crippen LogP contribution in [0.15, 0.2) is 42.5 Å². The molecule has 3 aliphatic rings. The van der Waals surface area contributed by atoms with Gasteiger partial charge in [0.1, 0.15) is 12.4 Å². The molecule has 0 radical (unpaired) electrons. The summed E-state index contributed by atoms with van der Waals surface area (Å²) in [6.07, 6.45) is 3.64. The average Bonchev–Trinajstić information content (AvgIpc) is 3.49. The van der Waals surface area contributed by atoms with E-state index in [9.17, 15) is 5.26 Å². The predicted octanol–water partition coefficient (Wildman–Crippen LogP) is 5.75. The Balaban J connectivity index is 1.21. The molecule has 0 amide bonds. The molecule has 6 rings (SSSR count). The van der Waals surface area contributed by atoms with Gasteiger partial charge in [-0.15, -0.1) is 0 Å². The maximum atomic E-state index is 9.38. The van der Waals surface area contributed by atoms with Crippen LogP contribution in [0.1, 0.15) is 51.3 Å². The van der Waals surface area contributed by atoms with E-state index in [2.05, 4.69) is 102 Å². The van der Waals surface area contributed by atoms with Gasteiger partial charge in [0, 0.05) is 68.1 Å². The molecule has 3 aliphatic heterocycles. The fourth-order valence-corrected chi connectivity index (χ4v) is 7.89. The standard InChI is InChI=1S/C36H51N7O2Si/c1-36(2,3)46(4,5)45-23-22-41-19-9-12-29(41)26-44-35-39-32-25-42(33-14-8-11-27-10-6-7-13-30(27)33)20-16-31(32)34(40-35)43-21-18-38-28(24-43)15-17-37/h6-8,10-11,13-14,28-29,38H,9,12,15-16,18-26H2,1-5H3/t28?,29-/m1/s1. The fraction of sp³-hybridized carbons (Fsp3) is 0.583. The van der Waals surface area contributed by atoms with E-state index in [1.807, 2.05) is 0 Å². The van der Waals surface area contributed by atoms with Crippen molar-refractivity contribution >= 4 is 30.6 Å². The van der Waals surface area contributed by atoms with Crippen LogP contribution in [0.2, 0.25) is 18.1 Å². The fourth-order valence-electron chi connectivity index (χ4n) is 6.85. The van der Waals surface area contributed by atoms with Crippen LogP contribution in [0.3, 0.4) is 0 Å². The normalized spacial score (nSPS) is 21.0. The summed E-state index contributed by atoms with van der Waals surface area (Å²) in [7, 11) is -1.77.